The predicted octanol–water partition coefficient (Wildman–Crippen LogP) is 2.74. The van der Waals surface area contributed by atoms with Gasteiger partial charge in [0.2, 0.25) is 21.8 Å². The first-order valence-electron chi connectivity index (χ1n) is 13.9. The van der Waals surface area contributed by atoms with Crippen molar-refractivity contribution in [1.82, 2.24) is 14.9 Å². The number of carbonyl (C=O) groups is 3. The summed E-state index contributed by atoms with van der Waals surface area (Å²) in [5.74, 6) is -1.61. The second-order valence-electron chi connectivity index (χ2n) is 10.7. The number of carboxylic acids is 1. The third kappa shape index (κ3) is 7.70. The number of benzene rings is 2. The monoisotopic (exact) mass is 583 g/mol. The maximum absolute atomic E-state index is 13.1. The van der Waals surface area contributed by atoms with E-state index in [0.29, 0.717) is 29.9 Å². The van der Waals surface area contributed by atoms with Crippen LogP contribution >= 0.6 is 0 Å². The molecule has 0 bridgehead atoms. The molecule has 2 unspecified atom stereocenters. The van der Waals surface area contributed by atoms with Crippen LogP contribution in [0.3, 0.4) is 0 Å². The second kappa shape index (κ2) is 13.3. The first-order chi connectivity index (χ1) is 19.5. The highest BCUT2D eigenvalue weighted by Crippen LogP contribution is 2.27. The van der Waals surface area contributed by atoms with Crippen LogP contribution in [-0.4, -0.2) is 66.1 Å². The number of carbonyl (C=O) groups excluding carboxylic acids is 2. The van der Waals surface area contributed by atoms with E-state index in [-0.39, 0.29) is 35.7 Å². The number of amidine groups is 1. The van der Waals surface area contributed by atoms with E-state index in [1.165, 1.54) is 12.1 Å². The van der Waals surface area contributed by atoms with Crippen LogP contribution in [0, 0.1) is 11.3 Å². The first kappa shape index (κ1) is 30.2. The summed E-state index contributed by atoms with van der Waals surface area (Å²) < 4.78 is 27.4. The van der Waals surface area contributed by atoms with Crippen molar-refractivity contribution in [3.63, 3.8) is 0 Å². The molecule has 0 spiro atoms. The maximum Gasteiger partial charge on any atom is 0.326 e. The standard InChI is InChI=1S/C29H37N5O6S/c1-19(30)31-22-15-11-21(12-16-22)27(35)32-23-13-9-20(10-14-23)18-25(29(37)38)33-28(36)26-8-5-17-34(26)41(39,40)24-6-3-2-4-7-24/h2-4,6-7,9-10,13-14,21-22,25-26H,5,8,11-12,15-18H2,1H3,(H2,30,31)(H,32,35)(H,33,36)(H,37,38). The van der Waals surface area contributed by atoms with E-state index in [1.54, 1.807) is 49.4 Å². The molecule has 220 valence electrons. The Bertz CT molecular complexity index is 1360. The minimum absolute atomic E-state index is 0.00307. The molecule has 1 aliphatic heterocycles. The Kier molecular flexibility index (Phi) is 9.77. The molecule has 1 saturated carbocycles. The minimum atomic E-state index is -3.90. The van der Waals surface area contributed by atoms with Crippen LogP contribution in [0.1, 0.15) is 51.0 Å². The minimum Gasteiger partial charge on any atom is -0.480 e. The molecule has 2 aromatic rings. The van der Waals surface area contributed by atoms with Crippen LogP contribution in [0.2, 0.25) is 0 Å². The quantitative estimate of drug-likeness (QED) is 0.212. The molecule has 2 atom stereocenters. The molecule has 2 aromatic carbocycles. The fourth-order valence-electron chi connectivity index (χ4n) is 5.50. The highest BCUT2D eigenvalue weighted by molar-refractivity contribution is 7.89. The highest BCUT2D eigenvalue weighted by Gasteiger charge is 2.40. The lowest BCUT2D eigenvalue weighted by Gasteiger charge is -2.28. The number of aliphatic carboxylic acids is 1. The third-order valence-corrected chi connectivity index (χ3v) is 9.57. The third-order valence-electron chi connectivity index (χ3n) is 7.65. The molecule has 5 N–H and O–H groups in total. The molecule has 0 aromatic heterocycles. The average molecular weight is 584 g/mol. The van der Waals surface area contributed by atoms with Crippen molar-refractivity contribution in [2.24, 2.45) is 5.92 Å². The summed E-state index contributed by atoms with van der Waals surface area (Å²) in [4.78, 5) is 37.9. The van der Waals surface area contributed by atoms with Gasteiger partial charge in [-0.3, -0.25) is 15.0 Å². The van der Waals surface area contributed by atoms with Crippen molar-refractivity contribution < 1.29 is 27.9 Å². The lowest BCUT2D eigenvalue weighted by atomic mass is 9.85. The number of nitrogens with one attached hydrogen (secondary N) is 4. The van der Waals surface area contributed by atoms with Crippen LogP contribution in [-0.2, 0) is 30.8 Å². The molecule has 1 saturated heterocycles. The predicted molar refractivity (Wildman–Crippen MR) is 154 cm³/mol. The molecule has 2 fully saturated rings. The van der Waals surface area contributed by atoms with Gasteiger partial charge in [-0.1, -0.05) is 30.3 Å². The molecule has 1 aliphatic carbocycles. The molecule has 1 heterocycles. The largest absolute Gasteiger partial charge is 0.480 e. The van der Waals surface area contributed by atoms with Gasteiger partial charge < -0.3 is 21.1 Å². The summed E-state index contributed by atoms with van der Waals surface area (Å²) in [6.07, 6.45) is 3.92. The van der Waals surface area contributed by atoms with Crippen LogP contribution in [0.15, 0.2) is 59.5 Å². The summed E-state index contributed by atoms with van der Waals surface area (Å²) in [5.41, 5.74) is 1.24. The van der Waals surface area contributed by atoms with Gasteiger partial charge in [-0.2, -0.15) is 4.31 Å². The fraction of sp³-hybridized carbons (Fsp3) is 0.448. The summed E-state index contributed by atoms with van der Waals surface area (Å²) in [7, 11) is -3.90. The molecular formula is C29H37N5O6S. The van der Waals surface area contributed by atoms with E-state index in [9.17, 15) is 27.9 Å². The fourth-order valence-corrected chi connectivity index (χ4v) is 7.17. The van der Waals surface area contributed by atoms with E-state index < -0.39 is 34.0 Å². The first-order valence-corrected chi connectivity index (χ1v) is 15.3. The molecule has 2 amide bonds. The van der Waals surface area contributed by atoms with Crippen molar-refractivity contribution in [1.29, 1.82) is 5.41 Å². The lowest BCUT2D eigenvalue weighted by molar-refractivity contribution is -0.142. The number of amides is 2. The van der Waals surface area contributed by atoms with Gasteiger partial charge in [0.05, 0.1) is 10.7 Å². The van der Waals surface area contributed by atoms with Crippen molar-refractivity contribution in [2.45, 2.75) is 74.9 Å². The lowest BCUT2D eigenvalue weighted by Crippen LogP contribution is -2.51. The molecule has 0 radical (unpaired) electrons. The Hall–Kier alpha value is -3.77. The summed E-state index contributed by atoms with van der Waals surface area (Å²) in [6.45, 7) is 1.89. The maximum atomic E-state index is 13.1. The van der Waals surface area contributed by atoms with Crippen molar-refractivity contribution in [2.75, 3.05) is 11.9 Å². The van der Waals surface area contributed by atoms with Gasteiger partial charge in [-0.25, -0.2) is 13.2 Å². The Labute approximate surface area is 240 Å². The Balaban J connectivity index is 1.33. The number of rotatable bonds is 10. The van der Waals surface area contributed by atoms with Crippen LogP contribution < -0.4 is 16.0 Å². The molecule has 11 nitrogen and oxygen atoms in total. The number of anilines is 1. The molecule has 4 rings (SSSR count). The van der Waals surface area contributed by atoms with Crippen molar-refractivity contribution in [3.05, 3.63) is 60.2 Å². The van der Waals surface area contributed by atoms with Crippen molar-refractivity contribution >= 4 is 39.3 Å². The average Bonchev–Trinajstić information content (AvgIpc) is 3.45. The van der Waals surface area contributed by atoms with E-state index in [1.807, 2.05) is 0 Å². The van der Waals surface area contributed by atoms with Gasteiger partial charge in [0.25, 0.3) is 0 Å². The summed E-state index contributed by atoms with van der Waals surface area (Å²) in [6, 6.07) is 12.7. The van der Waals surface area contributed by atoms with Crippen molar-refractivity contribution in [3.8, 4) is 0 Å². The number of hydrogen-bond acceptors (Lipinski definition) is 6. The topological polar surface area (TPSA) is 169 Å². The Morgan fingerprint density at radius 1 is 0.976 bits per heavy atom. The van der Waals surface area contributed by atoms with Crippen LogP contribution in [0.25, 0.3) is 0 Å². The number of carboxylic acid groups (broad SMARTS) is 1. The molecular weight excluding hydrogens is 546 g/mol. The van der Waals surface area contributed by atoms with E-state index in [2.05, 4.69) is 16.0 Å². The number of sulfonamides is 1. The smallest absolute Gasteiger partial charge is 0.326 e. The SMILES string of the molecule is CC(=N)NC1CCC(C(=O)Nc2ccc(CC(NC(=O)C3CCCN3S(=O)(=O)c3ccccc3)C(=O)O)cc2)CC1. The van der Waals surface area contributed by atoms with E-state index >= 15 is 0 Å². The van der Waals surface area contributed by atoms with Crippen LogP contribution in [0.5, 0.6) is 0 Å². The number of nitrogens with zero attached hydrogens (tertiary/aromatic N) is 1. The van der Waals surface area contributed by atoms with Gasteiger partial charge in [0.1, 0.15) is 12.1 Å². The highest BCUT2D eigenvalue weighted by atomic mass is 32.2. The van der Waals surface area contributed by atoms with Crippen LogP contribution in [0.4, 0.5) is 5.69 Å². The molecule has 2 aliphatic rings. The summed E-state index contributed by atoms with van der Waals surface area (Å²) >= 11 is 0. The second-order valence-corrected chi connectivity index (χ2v) is 12.6. The van der Waals surface area contributed by atoms with Gasteiger partial charge in [0, 0.05) is 30.6 Å². The Morgan fingerprint density at radius 2 is 1.63 bits per heavy atom. The summed E-state index contributed by atoms with van der Waals surface area (Å²) in [5, 5.41) is 25.9. The normalized spacial score (nSPS) is 21.9. The van der Waals surface area contributed by atoms with Gasteiger partial charge >= 0.3 is 5.97 Å². The van der Waals surface area contributed by atoms with Gasteiger partial charge in [-0.15, -0.1) is 0 Å². The number of hydrogen-bond donors (Lipinski definition) is 5. The molecule has 41 heavy (non-hydrogen) atoms. The van der Waals surface area contributed by atoms with Gasteiger partial charge in [-0.05, 0) is 75.3 Å². The van der Waals surface area contributed by atoms with E-state index in [4.69, 9.17) is 5.41 Å². The zero-order valence-corrected chi connectivity index (χ0v) is 23.8. The zero-order valence-electron chi connectivity index (χ0n) is 23.0. The molecule has 12 heteroatoms. The van der Waals surface area contributed by atoms with E-state index in [0.717, 1.165) is 30.0 Å². The van der Waals surface area contributed by atoms with Gasteiger partial charge in [0.15, 0.2) is 0 Å². The zero-order chi connectivity index (χ0) is 29.6. The Morgan fingerprint density at radius 3 is 2.24 bits per heavy atom.